The Morgan fingerprint density at radius 2 is 2.07 bits per heavy atom. The lowest BCUT2D eigenvalue weighted by atomic mass is 9.98. The first kappa shape index (κ1) is 19.7. The molecular formula is C23H28N4OS. The van der Waals surface area contributed by atoms with Crippen LogP contribution in [0.4, 0.5) is 5.69 Å². The molecule has 0 spiro atoms. The lowest BCUT2D eigenvalue weighted by Crippen LogP contribution is -2.41. The Kier molecular flexibility index (Phi) is 5.72. The lowest BCUT2D eigenvalue weighted by molar-refractivity contribution is 0.306. The second-order valence-electron chi connectivity index (χ2n) is 7.72. The molecule has 0 saturated carbocycles. The average Bonchev–Trinajstić information content (AvgIpc) is 3.13. The molecule has 1 aliphatic rings. The number of aromatic amines is 1. The van der Waals surface area contributed by atoms with E-state index in [0.29, 0.717) is 12.5 Å². The van der Waals surface area contributed by atoms with E-state index in [2.05, 4.69) is 41.2 Å². The summed E-state index contributed by atoms with van der Waals surface area (Å²) in [6.45, 7) is 8.71. The number of nitrogens with one attached hydrogen (secondary N) is 2. The van der Waals surface area contributed by atoms with Gasteiger partial charge in [0.1, 0.15) is 11.6 Å². The Labute approximate surface area is 177 Å². The maximum atomic E-state index is 5.73. The number of anilines is 1. The van der Waals surface area contributed by atoms with Gasteiger partial charge in [0.05, 0.1) is 23.3 Å². The van der Waals surface area contributed by atoms with Crippen molar-refractivity contribution < 1.29 is 4.74 Å². The van der Waals surface area contributed by atoms with Crippen LogP contribution in [0.1, 0.15) is 42.6 Å². The summed E-state index contributed by atoms with van der Waals surface area (Å²) in [5.74, 6) is 2.24. The quantitative estimate of drug-likeness (QED) is 0.585. The number of fused-ring (bicyclic) bond motifs is 1. The molecule has 2 heterocycles. The number of aromatic nitrogens is 2. The molecule has 152 valence electrons. The van der Waals surface area contributed by atoms with Gasteiger partial charge in [-0.05, 0) is 81.2 Å². The van der Waals surface area contributed by atoms with Crippen molar-refractivity contribution in [3.8, 4) is 5.75 Å². The third-order valence-electron chi connectivity index (χ3n) is 5.64. The van der Waals surface area contributed by atoms with Crippen LogP contribution in [0.25, 0.3) is 11.0 Å². The molecule has 1 fully saturated rings. The number of piperidine rings is 1. The highest BCUT2D eigenvalue weighted by atomic mass is 32.1. The van der Waals surface area contributed by atoms with E-state index in [1.54, 1.807) is 0 Å². The minimum atomic E-state index is 0.346. The van der Waals surface area contributed by atoms with E-state index in [1.165, 1.54) is 11.1 Å². The monoisotopic (exact) mass is 408 g/mol. The van der Waals surface area contributed by atoms with Gasteiger partial charge in [0.2, 0.25) is 0 Å². The third kappa shape index (κ3) is 4.22. The molecule has 3 aromatic rings. The second kappa shape index (κ2) is 8.41. The van der Waals surface area contributed by atoms with Crippen molar-refractivity contribution >= 4 is 34.1 Å². The molecule has 6 heteroatoms. The zero-order chi connectivity index (χ0) is 20.4. The summed E-state index contributed by atoms with van der Waals surface area (Å²) in [7, 11) is 0. The average molecular weight is 409 g/mol. The number of benzene rings is 2. The van der Waals surface area contributed by atoms with Gasteiger partial charge in [-0.2, -0.15) is 0 Å². The highest BCUT2D eigenvalue weighted by molar-refractivity contribution is 7.80. The maximum absolute atomic E-state index is 5.73. The molecule has 0 amide bonds. The maximum Gasteiger partial charge on any atom is 0.173 e. The third-order valence-corrected chi connectivity index (χ3v) is 6.00. The fourth-order valence-electron chi connectivity index (χ4n) is 3.91. The van der Waals surface area contributed by atoms with E-state index in [4.69, 9.17) is 21.9 Å². The Morgan fingerprint density at radius 1 is 1.28 bits per heavy atom. The van der Waals surface area contributed by atoms with Gasteiger partial charge in [0.15, 0.2) is 5.11 Å². The van der Waals surface area contributed by atoms with Gasteiger partial charge in [-0.25, -0.2) is 4.98 Å². The highest BCUT2D eigenvalue weighted by Crippen LogP contribution is 2.29. The molecule has 0 bridgehead atoms. The summed E-state index contributed by atoms with van der Waals surface area (Å²) in [6.07, 6.45) is 2.21. The fraction of sp³-hybridized carbons (Fsp3) is 0.391. The van der Waals surface area contributed by atoms with E-state index >= 15 is 0 Å². The SMILES string of the molecule is CCOc1ccccc1NC(=S)N1CCC[C@H](c2nc3cc(C)c(C)cc3[nH]2)C1. The van der Waals surface area contributed by atoms with E-state index in [1.807, 2.05) is 31.2 Å². The molecular weight excluding hydrogens is 380 g/mol. The number of hydrogen-bond donors (Lipinski definition) is 2. The molecule has 1 atom stereocenters. The summed E-state index contributed by atoms with van der Waals surface area (Å²) in [6, 6.07) is 12.3. The first-order chi connectivity index (χ1) is 14.0. The number of likely N-dealkylation sites (tertiary alicyclic amines) is 1. The number of aryl methyl sites for hydroxylation is 2. The fourth-order valence-corrected chi connectivity index (χ4v) is 4.19. The molecule has 1 aliphatic heterocycles. The van der Waals surface area contributed by atoms with Crippen molar-refractivity contribution in [3.63, 3.8) is 0 Å². The van der Waals surface area contributed by atoms with Gasteiger partial charge in [0, 0.05) is 19.0 Å². The predicted octanol–water partition coefficient (Wildman–Crippen LogP) is 5.15. The smallest absolute Gasteiger partial charge is 0.173 e. The zero-order valence-corrected chi connectivity index (χ0v) is 18.1. The topological polar surface area (TPSA) is 53.2 Å². The van der Waals surface area contributed by atoms with E-state index in [-0.39, 0.29) is 0 Å². The molecule has 5 nitrogen and oxygen atoms in total. The van der Waals surface area contributed by atoms with Gasteiger partial charge < -0.3 is 19.9 Å². The molecule has 0 aliphatic carbocycles. The van der Waals surface area contributed by atoms with Crippen molar-refractivity contribution in [2.24, 2.45) is 0 Å². The summed E-state index contributed by atoms with van der Waals surface area (Å²) >= 11 is 5.73. The van der Waals surface area contributed by atoms with E-state index in [9.17, 15) is 0 Å². The normalized spacial score (nSPS) is 16.8. The van der Waals surface area contributed by atoms with Gasteiger partial charge >= 0.3 is 0 Å². The summed E-state index contributed by atoms with van der Waals surface area (Å²) in [5.41, 5.74) is 5.64. The molecule has 29 heavy (non-hydrogen) atoms. The molecule has 2 aromatic carbocycles. The van der Waals surface area contributed by atoms with Crippen molar-refractivity contribution in [3.05, 3.63) is 53.3 Å². The molecule has 1 aromatic heterocycles. The first-order valence-electron chi connectivity index (χ1n) is 10.3. The zero-order valence-electron chi connectivity index (χ0n) is 17.3. The van der Waals surface area contributed by atoms with Crippen LogP contribution in [0.5, 0.6) is 5.75 Å². The Hall–Kier alpha value is -2.60. The largest absolute Gasteiger partial charge is 0.492 e. The second-order valence-corrected chi connectivity index (χ2v) is 8.11. The van der Waals surface area contributed by atoms with Crippen molar-refractivity contribution in [2.45, 2.75) is 39.5 Å². The summed E-state index contributed by atoms with van der Waals surface area (Å²) < 4.78 is 5.71. The van der Waals surface area contributed by atoms with E-state index < -0.39 is 0 Å². The van der Waals surface area contributed by atoms with Crippen LogP contribution < -0.4 is 10.1 Å². The number of rotatable bonds is 4. The Balaban J connectivity index is 1.49. The molecule has 0 unspecified atom stereocenters. The van der Waals surface area contributed by atoms with Gasteiger partial charge in [-0.1, -0.05) is 12.1 Å². The number of ether oxygens (including phenoxy) is 1. The van der Waals surface area contributed by atoms with Crippen molar-refractivity contribution in [1.29, 1.82) is 0 Å². The van der Waals surface area contributed by atoms with Gasteiger partial charge in [-0.15, -0.1) is 0 Å². The van der Waals surface area contributed by atoms with Crippen molar-refractivity contribution in [2.75, 3.05) is 25.0 Å². The lowest BCUT2D eigenvalue weighted by Gasteiger charge is -2.34. The first-order valence-corrected chi connectivity index (χ1v) is 10.7. The molecule has 1 saturated heterocycles. The van der Waals surface area contributed by atoms with Crippen LogP contribution in [0, 0.1) is 13.8 Å². The van der Waals surface area contributed by atoms with Gasteiger partial charge in [0.25, 0.3) is 0 Å². The number of thiocarbonyl (C=S) groups is 1. The van der Waals surface area contributed by atoms with Crippen LogP contribution in [0.2, 0.25) is 0 Å². The Morgan fingerprint density at radius 3 is 2.90 bits per heavy atom. The van der Waals surface area contributed by atoms with Crippen LogP contribution in [0.3, 0.4) is 0 Å². The summed E-state index contributed by atoms with van der Waals surface area (Å²) in [4.78, 5) is 10.7. The number of imidazole rings is 1. The Bertz CT molecular complexity index is 990. The van der Waals surface area contributed by atoms with Gasteiger partial charge in [-0.3, -0.25) is 0 Å². The number of nitrogens with zero attached hydrogens (tertiary/aromatic N) is 2. The van der Waals surface area contributed by atoms with Crippen LogP contribution in [-0.2, 0) is 0 Å². The van der Waals surface area contributed by atoms with Crippen molar-refractivity contribution in [1.82, 2.24) is 14.9 Å². The number of hydrogen-bond acceptors (Lipinski definition) is 3. The number of para-hydroxylation sites is 2. The van der Waals surface area contributed by atoms with E-state index in [0.717, 1.165) is 59.3 Å². The highest BCUT2D eigenvalue weighted by Gasteiger charge is 2.25. The minimum absolute atomic E-state index is 0.346. The standard InChI is InChI=1S/C23H28N4OS/c1-4-28-21-10-6-5-9-18(21)26-23(29)27-11-7-8-17(14-27)22-24-19-12-15(2)16(3)13-20(19)25-22/h5-6,9-10,12-13,17H,4,7-8,11,14H2,1-3H3,(H,24,25)(H,26,29)/t17-/m0/s1. The molecule has 4 rings (SSSR count). The molecule has 2 N–H and O–H groups in total. The van der Waals surface area contributed by atoms with Crippen LogP contribution in [0.15, 0.2) is 36.4 Å². The van der Waals surface area contributed by atoms with Crippen LogP contribution in [-0.4, -0.2) is 39.7 Å². The predicted molar refractivity (Wildman–Crippen MR) is 123 cm³/mol. The summed E-state index contributed by atoms with van der Waals surface area (Å²) in [5, 5.41) is 4.12. The van der Waals surface area contributed by atoms with Crippen LogP contribution >= 0.6 is 12.2 Å². The number of H-pyrrole nitrogens is 1. The minimum Gasteiger partial charge on any atom is -0.492 e. The molecule has 0 radical (unpaired) electrons.